The first-order valence-corrected chi connectivity index (χ1v) is 8.25. The lowest BCUT2D eigenvalue weighted by Gasteiger charge is -2.38. The Balaban J connectivity index is 1.70. The Hall–Kier alpha value is -0.940. The van der Waals surface area contributed by atoms with E-state index in [9.17, 15) is 0 Å². The summed E-state index contributed by atoms with van der Waals surface area (Å²) in [7, 11) is 0. The van der Waals surface area contributed by atoms with Crippen LogP contribution in [0.4, 0.5) is 0 Å². The lowest BCUT2D eigenvalue weighted by atomic mass is 9.89. The van der Waals surface area contributed by atoms with Gasteiger partial charge in [-0.3, -0.25) is 0 Å². The van der Waals surface area contributed by atoms with Crippen molar-refractivity contribution in [2.45, 2.75) is 83.0 Å². The first kappa shape index (κ1) is 15.0. The third kappa shape index (κ3) is 3.46. The lowest BCUT2D eigenvalue weighted by molar-refractivity contribution is -0.0914. The molecule has 1 atom stereocenters. The molecule has 1 aliphatic carbocycles. The zero-order valence-corrected chi connectivity index (χ0v) is 13.6. The molecule has 1 saturated carbocycles. The summed E-state index contributed by atoms with van der Waals surface area (Å²) in [5, 5.41) is 8.02. The van der Waals surface area contributed by atoms with Gasteiger partial charge < -0.3 is 10.1 Å². The highest BCUT2D eigenvalue weighted by molar-refractivity contribution is 4.96. The summed E-state index contributed by atoms with van der Waals surface area (Å²) >= 11 is 0. The van der Waals surface area contributed by atoms with E-state index >= 15 is 0 Å². The quantitative estimate of drug-likeness (QED) is 0.930. The molecule has 118 valence electrons. The first-order valence-electron chi connectivity index (χ1n) is 8.25. The van der Waals surface area contributed by atoms with E-state index in [4.69, 9.17) is 4.74 Å². The second-order valence-electron chi connectivity index (χ2n) is 7.61. The minimum absolute atomic E-state index is 0.0964. The fraction of sp³-hybridized carbons (Fsp3) is 0.875. The van der Waals surface area contributed by atoms with E-state index in [-0.39, 0.29) is 11.1 Å². The van der Waals surface area contributed by atoms with Gasteiger partial charge >= 0.3 is 0 Å². The molecule has 3 rings (SSSR count). The maximum absolute atomic E-state index is 6.13. The summed E-state index contributed by atoms with van der Waals surface area (Å²) in [4.78, 5) is 4.46. The van der Waals surface area contributed by atoms with Gasteiger partial charge in [0.15, 0.2) is 0 Å². The maximum atomic E-state index is 6.13. The predicted molar refractivity (Wildman–Crippen MR) is 82.0 cm³/mol. The molecule has 1 aliphatic heterocycles. The monoisotopic (exact) mass is 292 g/mol. The van der Waals surface area contributed by atoms with Crippen LogP contribution < -0.4 is 5.32 Å². The molecule has 1 spiro atoms. The molecule has 5 heteroatoms. The zero-order valence-electron chi connectivity index (χ0n) is 13.6. The molecule has 1 saturated heterocycles. The molecule has 2 fully saturated rings. The Morgan fingerprint density at radius 2 is 2.14 bits per heavy atom. The van der Waals surface area contributed by atoms with E-state index in [1.165, 1.54) is 25.7 Å². The number of hydrogen-bond acceptors (Lipinski definition) is 4. The fourth-order valence-corrected chi connectivity index (χ4v) is 3.63. The number of nitrogens with zero attached hydrogens (tertiary/aromatic N) is 3. The van der Waals surface area contributed by atoms with Crippen molar-refractivity contribution in [3.8, 4) is 0 Å². The van der Waals surface area contributed by atoms with Gasteiger partial charge in [0.05, 0.1) is 18.2 Å². The Morgan fingerprint density at radius 1 is 1.38 bits per heavy atom. The van der Waals surface area contributed by atoms with Crippen LogP contribution in [0.2, 0.25) is 0 Å². The molecular formula is C16H28N4O. The summed E-state index contributed by atoms with van der Waals surface area (Å²) < 4.78 is 8.27. The minimum atomic E-state index is 0.0964. The largest absolute Gasteiger partial charge is 0.375 e. The molecule has 2 heterocycles. The Bertz CT molecular complexity index is 471. The van der Waals surface area contributed by atoms with Gasteiger partial charge in [0.25, 0.3) is 0 Å². The molecule has 0 bridgehead atoms. The van der Waals surface area contributed by atoms with Gasteiger partial charge in [-0.15, -0.1) is 0 Å². The lowest BCUT2D eigenvalue weighted by Crippen LogP contribution is -2.40. The zero-order chi connectivity index (χ0) is 14.9. The van der Waals surface area contributed by atoms with Crippen LogP contribution in [-0.4, -0.2) is 32.5 Å². The van der Waals surface area contributed by atoms with Gasteiger partial charge in [-0.1, -0.05) is 12.8 Å². The van der Waals surface area contributed by atoms with Crippen molar-refractivity contribution >= 4 is 0 Å². The SMILES string of the molecule is CC(C)(C)NCc1ncnn1C1CCOC2(CCCC2)C1. The second-order valence-corrected chi connectivity index (χ2v) is 7.61. The summed E-state index contributed by atoms with van der Waals surface area (Å²) in [6.45, 7) is 8.16. The summed E-state index contributed by atoms with van der Waals surface area (Å²) in [5.41, 5.74) is 0.225. The van der Waals surface area contributed by atoms with Gasteiger partial charge in [-0.05, 0) is 46.5 Å². The highest BCUT2D eigenvalue weighted by Crippen LogP contribution is 2.43. The second kappa shape index (κ2) is 5.69. The van der Waals surface area contributed by atoms with E-state index in [0.717, 1.165) is 31.8 Å². The fourth-order valence-electron chi connectivity index (χ4n) is 3.63. The number of aromatic nitrogens is 3. The highest BCUT2D eigenvalue weighted by atomic mass is 16.5. The minimum Gasteiger partial charge on any atom is -0.375 e. The summed E-state index contributed by atoms with van der Waals surface area (Å²) in [5.74, 6) is 1.05. The van der Waals surface area contributed by atoms with E-state index in [1.54, 1.807) is 6.33 Å². The first-order chi connectivity index (χ1) is 9.98. The van der Waals surface area contributed by atoms with Gasteiger partial charge in [-0.2, -0.15) is 5.10 Å². The molecule has 2 aliphatic rings. The van der Waals surface area contributed by atoms with Crippen LogP contribution >= 0.6 is 0 Å². The molecule has 1 aromatic rings. The summed E-state index contributed by atoms with van der Waals surface area (Å²) in [6, 6.07) is 0.441. The average Bonchev–Trinajstić information content (AvgIpc) is 3.05. The van der Waals surface area contributed by atoms with Gasteiger partial charge in [0.2, 0.25) is 0 Å². The Kier molecular flexibility index (Phi) is 4.06. The van der Waals surface area contributed by atoms with Crippen LogP contribution in [0.15, 0.2) is 6.33 Å². The predicted octanol–water partition coefficient (Wildman–Crippen LogP) is 2.83. The van der Waals surface area contributed by atoms with Crippen LogP contribution in [0.25, 0.3) is 0 Å². The van der Waals surface area contributed by atoms with E-state index in [2.05, 4.69) is 40.9 Å². The van der Waals surface area contributed by atoms with Crippen LogP contribution in [0.3, 0.4) is 0 Å². The van der Waals surface area contributed by atoms with Crippen LogP contribution in [-0.2, 0) is 11.3 Å². The van der Waals surface area contributed by atoms with E-state index in [0.29, 0.717) is 6.04 Å². The van der Waals surface area contributed by atoms with Gasteiger partial charge in [-0.25, -0.2) is 9.67 Å². The number of rotatable bonds is 3. The van der Waals surface area contributed by atoms with E-state index < -0.39 is 0 Å². The summed E-state index contributed by atoms with van der Waals surface area (Å²) in [6.07, 6.45) is 8.88. The Labute approximate surface area is 127 Å². The van der Waals surface area contributed by atoms with Crippen molar-refractivity contribution in [1.82, 2.24) is 20.1 Å². The van der Waals surface area contributed by atoms with Crippen LogP contribution in [0, 0.1) is 0 Å². The molecule has 1 aromatic heterocycles. The third-order valence-corrected chi connectivity index (χ3v) is 4.75. The molecular weight excluding hydrogens is 264 g/mol. The van der Waals surface area contributed by atoms with Crippen LogP contribution in [0.1, 0.15) is 71.2 Å². The topological polar surface area (TPSA) is 52.0 Å². The van der Waals surface area contributed by atoms with Crippen molar-refractivity contribution in [2.75, 3.05) is 6.61 Å². The van der Waals surface area contributed by atoms with Crippen LogP contribution in [0.5, 0.6) is 0 Å². The number of nitrogens with one attached hydrogen (secondary N) is 1. The van der Waals surface area contributed by atoms with Crippen molar-refractivity contribution in [3.63, 3.8) is 0 Å². The van der Waals surface area contributed by atoms with Crippen molar-refractivity contribution in [1.29, 1.82) is 0 Å². The molecule has 1 N–H and O–H groups in total. The highest BCUT2D eigenvalue weighted by Gasteiger charge is 2.41. The van der Waals surface area contributed by atoms with Crippen molar-refractivity contribution < 1.29 is 4.74 Å². The van der Waals surface area contributed by atoms with Crippen molar-refractivity contribution in [2.24, 2.45) is 0 Å². The normalized spacial score (nSPS) is 25.6. The molecule has 0 amide bonds. The molecule has 21 heavy (non-hydrogen) atoms. The van der Waals surface area contributed by atoms with Gasteiger partial charge in [0, 0.05) is 12.1 Å². The molecule has 5 nitrogen and oxygen atoms in total. The van der Waals surface area contributed by atoms with Crippen molar-refractivity contribution in [3.05, 3.63) is 12.2 Å². The smallest absolute Gasteiger partial charge is 0.141 e. The van der Waals surface area contributed by atoms with Gasteiger partial charge in [0.1, 0.15) is 12.2 Å². The average molecular weight is 292 g/mol. The number of hydrogen-bond donors (Lipinski definition) is 1. The maximum Gasteiger partial charge on any atom is 0.141 e. The number of ether oxygens (including phenoxy) is 1. The standard InChI is InChI=1S/C16H28N4O/c1-15(2,3)18-11-14-17-12-19-20(14)13-6-9-21-16(10-13)7-4-5-8-16/h12-13,18H,4-11H2,1-3H3. The molecule has 0 aromatic carbocycles. The Morgan fingerprint density at radius 3 is 2.86 bits per heavy atom. The molecule has 0 radical (unpaired) electrons. The van der Waals surface area contributed by atoms with E-state index in [1.807, 2.05) is 0 Å². The molecule has 1 unspecified atom stereocenters. The third-order valence-electron chi connectivity index (χ3n) is 4.75.